The number of unbranched alkanes of at least 4 members (excludes halogenated alkanes) is 3. The van der Waals surface area contributed by atoms with Gasteiger partial charge in [-0.2, -0.15) is 0 Å². The first-order valence-electron chi connectivity index (χ1n) is 8.20. The van der Waals surface area contributed by atoms with Gasteiger partial charge in [-0.05, 0) is 37.5 Å². The molecule has 0 aromatic rings. The summed E-state index contributed by atoms with van der Waals surface area (Å²) in [4.78, 5) is 22.9. The molecule has 2 N–H and O–H groups in total. The molecule has 0 rings (SSSR count). The highest BCUT2D eigenvalue weighted by Gasteiger charge is 2.21. The minimum absolute atomic E-state index is 0.0133. The molecular formula is C18H31NO4. The molecule has 5 nitrogen and oxygen atoms in total. The molecule has 1 atom stereocenters. The Morgan fingerprint density at radius 3 is 2.48 bits per heavy atom. The Kier molecular flexibility index (Phi) is 10.8. The summed E-state index contributed by atoms with van der Waals surface area (Å²) in [6, 6.07) is -0.896. The second-order valence-electron chi connectivity index (χ2n) is 6.50. The first-order chi connectivity index (χ1) is 10.8. The molecule has 0 bridgehead atoms. The highest BCUT2D eigenvalue weighted by molar-refractivity contribution is 5.79. The van der Waals surface area contributed by atoms with Crippen molar-refractivity contribution < 1.29 is 19.4 Å². The van der Waals surface area contributed by atoms with Gasteiger partial charge < -0.3 is 15.2 Å². The normalized spacial score (nSPS) is 12.3. The number of carbonyl (C=O) groups excluding carboxylic acids is 1. The third-order valence-electron chi connectivity index (χ3n) is 3.70. The second-order valence-corrected chi connectivity index (χ2v) is 6.50. The first-order valence-corrected chi connectivity index (χ1v) is 8.20. The molecular weight excluding hydrogens is 294 g/mol. The van der Waals surface area contributed by atoms with Crippen molar-refractivity contribution in [3.05, 3.63) is 25.3 Å². The lowest BCUT2D eigenvalue weighted by Crippen LogP contribution is -2.41. The van der Waals surface area contributed by atoms with Crippen LogP contribution in [0.25, 0.3) is 0 Å². The van der Waals surface area contributed by atoms with E-state index in [-0.39, 0.29) is 12.0 Å². The van der Waals surface area contributed by atoms with E-state index in [2.05, 4.69) is 32.3 Å². The van der Waals surface area contributed by atoms with Crippen molar-refractivity contribution in [2.45, 2.75) is 64.8 Å². The Morgan fingerprint density at radius 1 is 1.22 bits per heavy atom. The van der Waals surface area contributed by atoms with Gasteiger partial charge >= 0.3 is 12.1 Å². The summed E-state index contributed by atoms with van der Waals surface area (Å²) in [6.45, 7) is 11.7. The van der Waals surface area contributed by atoms with Crippen LogP contribution in [0.5, 0.6) is 0 Å². The van der Waals surface area contributed by atoms with E-state index < -0.39 is 18.1 Å². The number of ether oxygens (including phenoxy) is 1. The molecule has 0 aliphatic heterocycles. The number of carboxylic acid groups (broad SMARTS) is 1. The Labute approximate surface area is 139 Å². The molecule has 0 fully saturated rings. The van der Waals surface area contributed by atoms with Crippen molar-refractivity contribution >= 4 is 12.1 Å². The van der Waals surface area contributed by atoms with Crippen LogP contribution in [0.2, 0.25) is 0 Å². The number of carboxylic acids is 1. The predicted molar refractivity (Wildman–Crippen MR) is 92.4 cm³/mol. The zero-order chi connectivity index (χ0) is 17.7. The van der Waals surface area contributed by atoms with Gasteiger partial charge in [-0.15, -0.1) is 13.2 Å². The number of hydrogen-bond donors (Lipinski definition) is 2. The SMILES string of the molecule is C=CCCCCCC(NC(=O)OCCC(C)(C)CC=C)C(=O)O. The molecule has 0 saturated heterocycles. The monoisotopic (exact) mass is 325 g/mol. The van der Waals surface area contributed by atoms with Crippen molar-refractivity contribution in [1.29, 1.82) is 0 Å². The number of aliphatic carboxylic acids is 1. The topological polar surface area (TPSA) is 75.6 Å². The van der Waals surface area contributed by atoms with Crippen molar-refractivity contribution in [2.75, 3.05) is 6.61 Å². The minimum atomic E-state index is -1.03. The average Bonchev–Trinajstić information content (AvgIpc) is 2.45. The van der Waals surface area contributed by atoms with E-state index in [0.29, 0.717) is 12.8 Å². The molecule has 0 saturated carbocycles. The lowest BCUT2D eigenvalue weighted by molar-refractivity contribution is -0.139. The van der Waals surface area contributed by atoms with Gasteiger partial charge in [-0.3, -0.25) is 0 Å². The zero-order valence-electron chi connectivity index (χ0n) is 14.5. The molecule has 0 spiro atoms. The third kappa shape index (κ3) is 11.4. The third-order valence-corrected chi connectivity index (χ3v) is 3.70. The van der Waals surface area contributed by atoms with Crippen molar-refractivity contribution in [3.8, 4) is 0 Å². The molecule has 1 unspecified atom stereocenters. The molecule has 0 aliphatic carbocycles. The second kappa shape index (κ2) is 11.7. The van der Waals surface area contributed by atoms with E-state index >= 15 is 0 Å². The molecule has 23 heavy (non-hydrogen) atoms. The summed E-state index contributed by atoms with van der Waals surface area (Å²) in [6.07, 6.45) is 8.53. The lowest BCUT2D eigenvalue weighted by Gasteiger charge is -2.22. The number of carbonyl (C=O) groups is 2. The van der Waals surface area contributed by atoms with Gasteiger partial charge in [0.25, 0.3) is 0 Å². The van der Waals surface area contributed by atoms with E-state index in [1.807, 2.05) is 12.2 Å². The maximum absolute atomic E-state index is 11.7. The minimum Gasteiger partial charge on any atom is -0.480 e. The molecule has 1 amide bonds. The Hall–Kier alpha value is -1.78. The summed E-state index contributed by atoms with van der Waals surface area (Å²) in [7, 11) is 0. The Morgan fingerprint density at radius 2 is 1.91 bits per heavy atom. The van der Waals surface area contributed by atoms with E-state index in [0.717, 1.165) is 32.1 Å². The van der Waals surface area contributed by atoms with Gasteiger partial charge in [-0.25, -0.2) is 9.59 Å². The Balaban J connectivity index is 4.07. The highest BCUT2D eigenvalue weighted by Crippen LogP contribution is 2.24. The average molecular weight is 325 g/mol. The number of hydrogen-bond acceptors (Lipinski definition) is 3. The summed E-state index contributed by atoms with van der Waals surface area (Å²) in [5.41, 5.74) is 0.0133. The van der Waals surface area contributed by atoms with Crippen LogP contribution in [0.1, 0.15) is 58.8 Å². The first kappa shape index (κ1) is 21.2. The fraction of sp³-hybridized carbons (Fsp3) is 0.667. The largest absolute Gasteiger partial charge is 0.480 e. The molecule has 0 heterocycles. The number of amides is 1. The number of rotatable bonds is 13. The Bertz CT molecular complexity index is 390. The summed E-state index contributed by atoms with van der Waals surface area (Å²) >= 11 is 0. The summed E-state index contributed by atoms with van der Waals surface area (Å²) < 4.78 is 5.09. The molecule has 0 aromatic heterocycles. The van der Waals surface area contributed by atoms with Gasteiger partial charge in [-0.1, -0.05) is 38.8 Å². The van der Waals surface area contributed by atoms with Crippen LogP contribution in [0.3, 0.4) is 0 Å². The van der Waals surface area contributed by atoms with E-state index in [4.69, 9.17) is 9.84 Å². The van der Waals surface area contributed by atoms with Crippen LogP contribution in [0.15, 0.2) is 25.3 Å². The van der Waals surface area contributed by atoms with Crippen molar-refractivity contribution in [2.24, 2.45) is 5.41 Å². The van der Waals surface area contributed by atoms with Gasteiger partial charge in [0.1, 0.15) is 6.04 Å². The van der Waals surface area contributed by atoms with Crippen LogP contribution in [-0.2, 0) is 9.53 Å². The van der Waals surface area contributed by atoms with Gasteiger partial charge in [0, 0.05) is 0 Å². The van der Waals surface area contributed by atoms with Crippen LogP contribution < -0.4 is 5.32 Å². The van der Waals surface area contributed by atoms with E-state index in [1.165, 1.54) is 0 Å². The number of allylic oxidation sites excluding steroid dienone is 2. The lowest BCUT2D eigenvalue weighted by atomic mass is 9.86. The molecule has 132 valence electrons. The predicted octanol–water partition coefficient (Wildman–Crippen LogP) is 4.29. The maximum Gasteiger partial charge on any atom is 0.407 e. The quantitative estimate of drug-likeness (QED) is 0.391. The molecule has 0 radical (unpaired) electrons. The standard InChI is InChI=1S/C18H31NO4/c1-5-7-8-9-10-11-15(16(20)21)19-17(22)23-14-13-18(3,4)12-6-2/h5-6,15H,1-2,7-14H2,3-4H3,(H,19,22)(H,20,21). The number of alkyl carbamates (subject to hydrolysis) is 1. The summed E-state index contributed by atoms with van der Waals surface area (Å²) in [5, 5.41) is 11.6. The van der Waals surface area contributed by atoms with Crippen LogP contribution in [-0.4, -0.2) is 29.8 Å². The number of nitrogens with one attached hydrogen (secondary N) is 1. The fourth-order valence-electron chi connectivity index (χ4n) is 2.17. The van der Waals surface area contributed by atoms with Crippen LogP contribution in [0.4, 0.5) is 4.79 Å². The molecule has 5 heteroatoms. The van der Waals surface area contributed by atoms with Gasteiger partial charge in [0.2, 0.25) is 0 Å². The fourth-order valence-corrected chi connectivity index (χ4v) is 2.17. The van der Waals surface area contributed by atoms with Crippen LogP contribution in [0, 0.1) is 5.41 Å². The summed E-state index contributed by atoms with van der Waals surface area (Å²) in [5.74, 6) is -1.03. The van der Waals surface area contributed by atoms with E-state index in [1.54, 1.807) is 0 Å². The van der Waals surface area contributed by atoms with E-state index in [9.17, 15) is 9.59 Å². The maximum atomic E-state index is 11.7. The highest BCUT2D eigenvalue weighted by atomic mass is 16.5. The van der Waals surface area contributed by atoms with Gasteiger partial charge in [0.15, 0.2) is 0 Å². The van der Waals surface area contributed by atoms with Gasteiger partial charge in [0.05, 0.1) is 6.61 Å². The molecule has 0 aromatic carbocycles. The smallest absolute Gasteiger partial charge is 0.407 e. The molecule has 0 aliphatic rings. The van der Waals surface area contributed by atoms with Crippen molar-refractivity contribution in [1.82, 2.24) is 5.32 Å². The van der Waals surface area contributed by atoms with Crippen LogP contribution >= 0.6 is 0 Å². The zero-order valence-corrected chi connectivity index (χ0v) is 14.5. The van der Waals surface area contributed by atoms with Crippen molar-refractivity contribution in [3.63, 3.8) is 0 Å².